The quantitative estimate of drug-likeness (QED) is 0.767. The van der Waals surface area contributed by atoms with Crippen molar-refractivity contribution in [3.63, 3.8) is 0 Å². The van der Waals surface area contributed by atoms with Crippen LogP contribution in [0.3, 0.4) is 0 Å². The summed E-state index contributed by atoms with van der Waals surface area (Å²) in [6.07, 6.45) is 0.411. The van der Waals surface area contributed by atoms with E-state index in [4.69, 9.17) is 5.11 Å². The largest absolute Gasteiger partial charge is 0.481 e. The molecule has 0 aliphatic heterocycles. The zero-order valence-electron chi connectivity index (χ0n) is 10.9. The van der Waals surface area contributed by atoms with E-state index in [1.807, 2.05) is 0 Å². The highest BCUT2D eigenvalue weighted by Gasteiger charge is 2.16. The summed E-state index contributed by atoms with van der Waals surface area (Å²) in [5.41, 5.74) is 0.812. The number of carbonyl (C=O) groups is 2. The third-order valence-corrected chi connectivity index (χ3v) is 2.72. The van der Waals surface area contributed by atoms with Crippen molar-refractivity contribution in [1.82, 2.24) is 5.32 Å². The van der Waals surface area contributed by atoms with Crippen molar-refractivity contribution >= 4 is 17.7 Å². The maximum absolute atomic E-state index is 13.5. The van der Waals surface area contributed by atoms with Crippen LogP contribution in [0.15, 0.2) is 18.2 Å². The summed E-state index contributed by atoms with van der Waals surface area (Å²) in [6.45, 7) is 3.47. The first-order chi connectivity index (χ1) is 8.93. The van der Waals surface area contributed by atoms with Crippen molar-refractivity contribution in [2.45, 2.75) is 20.3 Å². The van der Waals surface area contributed by atoms with Gasteiger partial charge in [-0.15, -0.1) is 0 Å². The molecule has 1 rings (SSSR count). The number of urea groups is 1. The van der Waals surface area contributed by atoms with Crippen molar-refractivity contribution in [1.29, 1.82) is 0 Å². The lowest BCUT2D eigenvalue weighted by molar-refractivity contribution is -0.141. The minimum Gasteiger partial charge on any atom is -0.481 e. The van der Waals surface area contributed by atoms with Crippen LogP contribution in [0, 0.1) is 18.7 Å². The van der Waals surface area contributed by atoms with Gasteiger partial charge in [-0.1, -0.05) is 13.0 Å². The lowest BCUT2D eigenvalue weighted by Crippen LogP contribution is -2.35. The predicted octanol–water partition coefficient (Wildman–Crippen LogP) is 2.37. The van der Waals surface area contributed by atoms with E-state index in [2.05, 4.69) is 10.6 Å². The maximum Gasteiger partial charge on any atom is 0.319 e. The number of anilines is 1. The molecule has 0 radical (unpaired) electrons. The summed E-state index contributed by atoms with van der Waals surface area (Å²) in [5.74, 6) is -2.14. The summed E-state index contributed by atoms with van der Waals surface area (Å²) in [7, 11) is 0. The topological polar surface area (TPSA) is 78.4 Å². The average molecular weight is 268 g/mol. The van der Waals surface area contributed by atoms with Gasteiger partial charge < -0.3 is 15.7 Å². The fraction of sp³-hybridized carbons (Fsp3) is 0.385. The number of aliphatic carboxylic acids is 1. The van der Waals surface area contributed by atoms with Gasteiger partial charge in [0.25, 0.3) is 0 Å². The molecule has 0 bridgehead atoms. The molecule has 0 aliphatic rings. The predicted molar refractivity (Wildman–Crippen MR) is 69.6 cm³/mol. The second-order valence-corrected chi connectivity index (χ2v) is 4.26. The Morgan fingerprint density at radius 3 is 2.63 bits per heavy atom. The zero-order valence-corrected chi connectivity index (χ0v) is 10.9. The number of hydrogen-bond donors (Lipinski definition) is 3. The molecule has 1 aromatic carbocycles. The number of amides is 2. The first kappa shape index (κ1) is 14.9. The van der Waals surface area contributed by atoms with Crippen molar-refractivity contribution in [3.8, 4) is 0 Å². The molecule has 5 nitrogen and oxygen atoms in total. The molecule has 1 unspecified atom stereocenters. The average Bonchev–Trinajstić information content (AvgIpc) is 2.33. The Kier molecular flexibility index (Phi) is 5.29. The molecule has 0 fully saturated rings. The molecular formula is C13H17FN2O3. The van der Waals surface area contributed by atoms with E-state index < -0.39 is 23.7 Å². The van der Waals surface area contributed by atoms with Crippen LogP contribution in [0.25, 0.3) is 0 Å². The fourth-order valence-corrected chi connectivity index (χ4v) is 1.51. The fourth-order valence-electron chi connectivity index (χ4n) is 1.51. The van der Waals surface area contributed by atoms with Gasteiger partial charge >= 0.3 is 12.0 Å². The van der Waals surface area contributed by atoms with Crippen LogP contribution >= 0.6 is 0 Å². The van der Waals surface area contributed by atoms with Gasteiger partial charge in [-0.3, -0.25) is 4.79 Å². The summed E-state index contributed by atoms with van der Waals surface area (Å²) >= 11 is 0. The van der Waals surface area contributed by atoms with Crippen molar-refractivity contribution in [3.05, 3.63) is 29.6 Å². The van der Waals surface area contributed by atoms with Gasteiger partial charge in [0.15, 0.2) is 0 Å². The van der Waals surface area contributed by atoms with Gasteiger partial charge in [0.05, 0.1) is 11.6 Å². The minimum absolute atomic E-state index is 0.00511. The Labute approximate surface area is 110 Å². The maximum atomic E-state index is 13.5. The molecule has 6 heteroatoms. The molecule has 0 saturated carbocycles. The van der Waals surface area contributed by atoms with E-state index in [1.165, 1.54) is 12.1 Å². The van der Waals surface area contributed by atoms with Crippen LogP contribution in [0.5, 0.6) is 0 Å². The molecule has 1 atom stereocenters. The minimum atomic E-state index is -0.968. The first-order valence-electron chi connectivity index (χ1n) is 5.97. The highest BCUT2D eigenvalue weighted by molar-refractivity contribution is 5.89. The molecular weight excluding hydrogens is 251 g/mol. The molecule has 0 spiro atoms. The Balaban J connectivity index is 2.53. The molecule has 0 aromatic heterocycles. The number of halogens is 1. The van der Waals surface area contributed by atoms with Gasteiger partial charge in [-0.2, -0.15) is 0 Å². The van der Waals surface area contributed by atoms with E-state index in [0.717, 1.165) is 5.56 Å². The Morgan fingerprint density at radius 1 is 1.42 bits per heavy atom. The summed E-state index contributed by atoms with van der Waals surface area (Å²) in [4.78, 5) is 22.3. The highest BCUT2D eigenvalue weighted by Crippen LogP contribution is 2.14. The highest BCUT2D eigenvalue weighted by atomic mass is 19.1. The van der Waals surface area contributed by atoms with E-state index in [9.17, 15) is 14.0 Å². The van der Waals surface area contributed by atoms with E-state index in [1.54, 1.807) is 19.9 Å². The third-order valence-electron chi connectivity index (χ3n) is 2.72. The standard InChI is InChI=1S/C13H17FN2O3/c1-3-9(12(17)18)7-15-13(19)16-11-5-4-8(2)6-10(11)14/h4-6,9H,3,7H2,1-2H3,(H,17,18)(H2,15,16,19). The van der Waals surface area contributed by atoms with Crippen LogP contribution in [-0.4, -0.2) is 23.7 Å². The summed E-state index contributed by atoms with van der Waals surface area (Å²) in [5, 5.41) is 13.6. The van der Waals surface area contributed by atoms with E-state index in [0.29, 0.717) is 6.42 Å². The van der Waals surface area contributed by atoms with E-state index in [-0.39, 0.29) is 12.2 Å². The number of hydrogen-bond acceptors (Lipinski definition) is 2. The molecule has 0 aliphatic carbocycles. The number of rotatable bonds is 5. The Morgan fingerprint density at radius 2 is 2.11 bits per heavy atom. The lowest BCUT2D eigenvalue weighted by Gasteiger charge is -2.12. The monoisotopic (exact) mass is 268 g/mol. The molecule has 3 N–H and O–H groups in total. The SMILES string of the molecule is CCC(CNC(=O)Nc1ccc(C)cc1F)C(=O)O. The molecule has 0 heterocycles. The van der Waals surface area contributed by atoms with Gasteiger partial charge in [-0.05, 0) is 31.0 Å². The second-order valence-electron chi connectivity index (χ2n) is 4.26. The van der Waals surface area contributed by atoms with Crippen LogP contribution in [0.4, 0.5) is 14.9 Å². The smallest absolute Gasteiger partial charge is 0.319 e. The van der Waals surface area contributed by atoms with Crippen LogP contribution in [0.2, 0.25) is 0 Å². The molecule has 2 amide bonds. The van der Waals surface area contributed by atoms with Gasteiger partial charge in [0.1, 0.15) is 5.82 Å². The van der Waals surface area contributed by atoms with Gasteiger partial charge in [-0.25, -0.2) is 9.18 Å². The first-order valence-corrected chi connectivity index (χ1v) is 5.97. The van der Waals surface area contributed by atoms with Crippen LogP contribution < -0.4 is 10.6 Å². The normalized spacial score (nSPS) is 11.7. The van der Waals surface area contributed by atoms with Crippen molar-refractivity contribution in [2.75, 3.05) is 11.9 Å². The molecule has 0 saturated heterocycles. The lowest BCUT2D eigenvalue weighted by atomic mass is 10.1. The van der Waals surface area contributed by atoms with Crippen molar-refractivity contribution in [2.24, 2.45) is 5.92 Å². The zero-order chi connectivity index (χ0) is 14.4. The third kappa shape index (κ3) is 4.57. The van der Waals surface area contributed by atoms with Crippen LogP contribution in [-0.2, 0) is 4.79 Å². The number of carboxylic acid groups (broad SMARTS) is 1. The molecule has 104 valence electrons. The number of nitrogens with one attached hydrogen (secondary N) is 2. The van der Waals surface area contributed by atoms with Crippen LogP contribution in [0.1, 0.15) is 18.9 Å². The molecule has 1 aromatic rings. The van der Waals surface area contributed by atoms with Crippen molar-refractivity contribution < 1.29 is 19.1 Å². The number of carboxylic acids is 1. The number of benzene rings is 1. The Bertz CT molecular complexity index is 477. The molecule has 19 heavy (non-hydrogen) atoms. The number of aryl methyl sites for hydroxylation is 1. The summed E-state index contributed by atoms with van der Waals surface area (Å²) < 4.78 is 13.5. The second kappa shape index (κ2) is 6.72. The van der Waals surface area contributed by atoms with E-state index >= 15 is 0 Å². The van der Waals surface area contributed by atoms with Gasteiger partial charge in [0, 0.05) is 6.54 Å². The Hall–Kier alpha value is -2.11. The number of carbonyl (C=O) groups excluding carboxylic acids is 1. The summed E-state index contributed by atoms with van der Waals surface area (Å²) in [6, 6.07) is 3.81. The van der Waals surface area contributed by atoms with Gasteiger partial charge in [0.2, 0.25) is 0 Å².